The maximum Gasteiger partial charge on any atom is 0.335 e. The van der Waals surface area contributed by atoms with Gasteiger partial charge in [0.2, 0.25) is 0 Å². The van der Waals surface area contributed by atoms with Gasteiger partial charge in [-0.1, -0.05) is 6.08 Å². The number of hydrogen-bond donors (Lipinski definition) is 3. The summed E-state index contributed by atoms with van der Waals surface area (Å²) >= 11 is 0. The molecular formula is C16H17NO4. The highest BCUT2D eigenvalue weighted by Gasteiger charge is 2.20. The molecule has 0 radical (unpaired) electrons. The number of aliphatic carboxylic acids is 1. The van der Waals surface area contributed by atoms with Gasteiger partial charge < -0.3 is 15.2 Å². The molecule has 0 aliphatic heterocycles. The van der Waals surface area contributed by atoms with Crippen LogP contribution in [0.4, 0.5) is 0 Å². The molecule has 1 aromatic carbocycles. The van der Waals surface area contributed by atoms with Crippen LogP contribution in [0.1, 0.15) is 28.0 Å². The zero-order valence-electron chi connectivity index (χ0n) is 11.7. The lowest BCUT2D eigenvalue weighted by Gasteiger charge is -2.10. The molecule has 0 saturated heterocycles. The maximum atomic E-state index is 11.3. The van der Waals surface area contributed by atoms with Crippen molar-refractivity contribution >= 4 is 22.8 Å². The molecule has 21 heavy (non-hydrogen) atoms. The lowest BCUT2D eigenvalue weighted by Crippen LogP contribution is -2.16. The number of nitrogens with one attached hydrogen (secondary N) is 1. The minimum absolute atomic E-state index is 0.193. The van der Waals surface area contributed by atoms with Gasteiger partial charge in [0.15, 0.2) is 0 Å². The summed E-state index contributed by atoms with van der Waals surface area (Å²) in [5.41, 5.74) is 2.72. The quantitative estimate of drug-likeness (QED) is 0.712. The normalized spacial score (nSPS) is 12.2. The fourth-order valence-corrected chi connectivity index (χ4v) is 2.50. The number of carbonyl (C=O) groups is 2. The van der Waals surface area contributed by atoms with E-state index in [-0.39, 0.29) is 5.56 Å². The first kappa shape index (κ1) is 14.8. The third-order valence-electron chi connectivity index (χ3n) is 3.62. The molecule has 5 nitrogen and oxygen atoms in total. The average Bonchev–Trinajstić information content (AvgIpc) is 2.73. The number of H-pyrrole nitrogens is 1. The fourth-order valence-electron chi connectivity index (χ4n) is 2.50. The lowest BCUT2D eigenvalue weighted by molar-refractivity contribution is -0.141. The highest BCUT2D eigenvalue weighted by atomic mass is 16.4. The number of carboxylic acids is 2. The second kappa shape index (κ2) is 5.83. The molecule has 2 aromatic rings. The highest BCUT2D eigenvalue weighted by molar-refractivity contribution is 5.95. The van der Waals surface area contributed by atoms with E-state index in [4.69, 9.17) is 5.11 Å². The highest BCUT2D eigenvalue weighted by Crippen LogP contribution is 2.27. The van der Waals surface area contributed by atoms with E-state index in [1.807, 2.05) is 6.92 Å². The van der Waals surface area contributed by atoms with Crippen molar-refractivity contribution < 1.29 is 19.8 Å². The summed E-state index contributed by atoms with van der Waals surface area (Å²) in [6.07, 6.45) is 2.31. The second-order valence-corrected chi connectivity index (χ2v) is 5.06. The van der Waals surface area contributed by atoms with Crippen molar-refractivity contribution in [2.75, 3.05) is 0 Å². The summed E-state index contributed by atoms with van der Waals surface area (Å²) < 4.78 is 0. The van der Waals surface area contributed by atoms with E-state index in [1.54, 1.807) is 18.2 Å². The molecule has 5 heteroatoms. The van der Waals surface area contributed by atoms with Gasteiger partial charge in [-0.25, -0.2) is 4.79 Å². The number of benzene rings is 1. The summed E-state index contributed by atoms with van der Waals surface area (Å²) in [5.74, 6) is -2.44. The van der Waals surface area contributed by atoms with Crippen LogP contribution in [0.3, 0.4) is 0 Å². The van der Waals surface area contributed by atoms with Crippen LogP contribution in [0.2, 0.25) is 0 Å². The Kier molecular flexibility index (Phi) is 4.12. The fraction of sp³-hybridized carbons (Fsp3) is 0.250. The largest absolute Gasteiger partial charge is 0.481 e. The van der Waals surface area contributed by atoms with Crippen LogP contribution in [-0.2, 0) is 11.2 Å². The van der Waals surface area contributed by atoms with E-state index < -0.39 is 17.9 Å². The minimum Gasteiger partial charge on any atom is -0.481 e. The molecule has 0 fully saturated rings. The van der Waals surface area contributed by atoms with Crippen molar-refractivity contribution in [2.45, 2.75) is 19.8 Å². The number of aryl methyl sites for hydroxylation is 1. The molecule has 1 atom stereocenters. The van der Waals surface area contributed by atoms with Crippen molar-refractivity contribution in [1.29, 1.82) is 0 Å². The van der Waals surface area contributed by atoms with Gasteiger partial charge in [-0.15, -0.1) is 6.58 Å². The van der Waals surface area contributed by atoms with E-state index in [1.165, 1.54) is 6.07 Å². The Labute approximate surface area is 121 Å². The number of allylic oxidation sites excluding steroid dienone is 1. The first-order valence-corrected chi connectivity index (χ1v) is 6.62. The molecule has 1 heterocycles. The van der Waals surface area contributed by atoms with Gasteiger partial charge in [-0.3, -0.25) is 4.79 Å². The van der Waals surface area contributed by atoms with E-state index >= 15 is 0 Å². The number of aromatic amines is 1. The Bertz CT molecular complexity index is 714. The molecule has 1 aromatic heterocycles. The predicted molar refractivity (Wildman–Crippen MR) is 79.6 cm³/mol. The van der Waals surface area contributed by atoms with E-state index in [0.29, 0.717) is 12.8 Å². The van der Waals surface area contributed by atoms with Crippen molar-refractivity contribution in [1.82, 2.24) is 4.98 Å². The molecule has 0 amide bonds. The summed E-state index contributed by atoms with van der Waals surface area (Å²) in [4.78, 5) is 25.5. The average molecular weight is 287 g/mol. The number of carboxylic acid groups (broad SMARTS) is 2. The number of fused-ring (bicyclic) bond motifs is 1. The van der Waals surface area contributed by atoms with Crippen LogP contribution in [0.5, 0.6) is 0 Å². The third-order valence-corrected chi connectivity index (χ3v) is 3.62. The number of rotatable bonds is 6. The molecule has 110 valence electrons. The summed E-state index contributed by atoms with van der Waals surface area (Å²) in [7, 11) is 0. The molecule has 0 bridgehead atoms. The smallest absolute Gasteiger partial charge is 0.335 e. The zero-order valence-corrected chi connectivity index (χ0v) is 11.7. The molecule has 3 N–H and O–H groups in total. The standard InChI is InChI=1S/C16H17NO4/c1-3-4-10(15(18)19)7-12-9(2)17-14-6-5-11(16(20)21)8-13(12)14/h3,5-6,8,10,17H,1,4,7H2,2H3,(H,18,19)(H,20,21). The van der Waals surface area contributed by atoms with Crippen molar-refractivity contribution in [3.8, 4) is 0 Å². The van der Waals surface area contributed by atoms with Gasteiger partial charge in [0, 0.05) is 16.6 Å². The zero-order chi connectivity index (χ0) is 15.6. The summed E-state index contributed by atoms with van der Waals surface area (Å²) in [6, 6.07) is 4.82. The van der Waals surface area contributed by atoms with E-state index in [9.17, 15) is 14.7 Å². The molecule has 2 rings (SSSR count). The second-order valence-electron chi connectivity index (χ2n) is 5.06. The molecule has 0 spiro atoms. The molecule has 0 aliphatic carbocycles. The monoisotopic (exact) mass is 287 g/mol. The van der Waals surface area contributed by atoms with Gasteiger partial charge in [0.05, 0.1) is 11.5 Å². The van der Waals surface area contributed by atoms with E-state index in [0.717, 1.165) is 22.2 Å². The van der Waals surface area contributed by atoms with Gasteiger partial charge >= 0.3 is 11.9 Å². The Balaban J connectivity index is 2.48. The van der Waals surface area contributed by atoms with E-state index in [2.05, 4.69) is 11.6 Å². The molecular weight excluding hydrogens is 270 g/mol. The van der Waals surface area contributed by atoms with Crippen molar-refractivity contribution in [3.63, 3.8) is 0 Å². The van der Waals surface area contributed by atoms with Crippen LogP contribution in [-0.4, -0.2) is 27.1 Å². The minimum atomic E-state index is -0.998. The maximum absolute atomic E-state index is 11.3. The summed E-state index contributed by atoms with van der Waals surface area (Å²) in [6.45, 7) is 5.45. The van der Waals surface area contributed by atoms with Crippen LogP contribution < -0.4 is 0 Å². The lowest BCUT2D eigenvalue weighted by atomic mass is 9.94. The summed E-state index contributed by atoms with van der Waals surface area (Å²) in [5, 5.41) is 19.1. The molecule has 0 saturated carbocycles. The SMILES string of the molecule is C=CCC(Cc1c(C)[nH]c2ccc(C(=O)O)cc12)C(=O)O. The van der Waals surface area contributed by atoms with Gasteiger partial charge in [0.1, 0.15) is 0 Å². The van der Waals surface area contributed by atoms with Gasteiger partial charge in [-0.05, 0) is 43.5 Å². The topological polar surface area (TPSA) is 90.4 Å². The first-order valence-electron chi connectivity index (χ1n) is 6.62. The van der Waals surface area contributed by atoms with Crippen LogP contribution in [0, 0.1) is 12.8 Å². The van der Waals surface area contributed by atoms with Gasteiger partial charge in [-0.2, -0.15) is 0 Å². The molecule has 1 unspecified atom stereocenters. The van der Waals surface area contributed by atoms with Crippen LogP contribution in [0.25, 0.3) is 10.9 Å². The number of aromatic carboxylic acids is 1. The first-order chi connectivity index (χ1) is 9.93. The van der Waals surface area contributed by atoms with Crippen LogP contribution in [0.15, 0.2) is 30.9 Å². The Hall–Kier alpha value is -2.56. The number of hydrogen-bond acceptors (Lipinski definition) is 2. The van der Waals surface area contributed by atoms with Gasteiger partial charge in [0.25, 0.3) is 0 Å². The Morgan fingerprint density at radius 2 is 2.10 bits per heavy atom. The Morgan fingerprint density at radius 3 is 2.67 bits per heavy atom. The van der Waals surface area contributed by atoms with Crippen molar-refractivity contribution in [3.05, 3.63) is 47.7 Å². The Morgan fingerprint density at radius 1 is 1.38 bits per heavy atom. The van der Waals surface area contributed by atoms with Crippen molar-refractivity contribution in [2.24, 2.45) is 5.92 Å². The third kappa shape index (κ3) is 2.97. The molecule has 0 aliphatic rings. The number of aromatic nitrogens is 1. The predicted octanol–water partition coefficient (Wildman–Crippen LogP) is 2.99. The van der Waals surface area contributed by atoms with Crippen LogP contribution >= 0.6 is 0 Å².